The summed E-state index contributed by atoms with van der Waals surface area (Å²) in [7, 11) is 0. The monoisotopic (exact) mass is 290 g/mol. The maximum absolute atomic E-state index is 9.56. The molecule has 120 valence electrons. The minimum absolute atomic E-state index is 0.252. The lowest BCUT2D eigenvalue weighted by atomic mass is 9.68. The van der Waals surface area contributed by atoms with Crippen molar-refractivity contribution < 1.29 is 0 Å². The molecule has 2 rings (SSSR count). The lowest BCUT2D eigenvalue weighted by Gasteiger charge is -2.43. The molecule has 21 heavy (non-hydrogen) atoms. The van der Waals surface area contributed by atoms with E-state index in [9.17, 15) is 5.26 Å². The van der Waals surface area contributed by atoms with E-state index in [0.29, 0.717) is 16.9 Å². The minimum Gasteiger partial charge on any atom is -0.299 e. The second kappa shape index (κ2) is 5.92. The zero-order valence-electron chi connectivity index (χ0n) is 14.9. The third-order valence-electron chi connectivity index (χ3n) is 6.12. The van der Waals surface area contributed by atoms with Crippen molar-refractivity contribution >= 4 is 0 Å². The van der Waals surface area contributed by atoms with E-state index >= 15 is 0 Å². The molecular formula is C19H34N2. The van der Waals surface area contributed by atoms with Crippen LogP contribution in [0.15, 0.2) is 0 Å². The highest BCUT2D eigenvalue weighted by Gasteiger charge is 2.42. The molecule has 0 aromatic carbocycles. The zero-order valence-corrected chi connectivity index (χ0v) is 14.9. The van der Waals surface area contributed by atoms with Crippen molar-refractivity contribution in [3.05, 3.63) is 0 Å². The summed E-state index contributed by atoms with van der Waals surface area (Å²) < 4.78 is 0. The summed E-state index contributed by atoms with van der Waals surface area (Å²) in [5.74, 6) is 1.80. The molecule has 1 aliphatic carbocycles. The lowest BCUT2D eigenvalue weighted by molar-refractivity contribution is 0.0679. The Hall–Kier alpha value is -0.550. The molecule has 2 fully saturated rings. The first-order valence-corrected chi connectivity index (χ1v) is 8.76. The summed E-state index contributed by atoms with van der Waals surface area (Å²) in [5, 5.41) is 9.56. The second-order valence-electron chi connectivity index (χ2n) is 9.53. The first-order valence-electron chi connectivity index (χ1n) is 8.76. The molecule has 0 aromatic heterocycles. The highest BCUT2D eigenvalue weighted by molar-refractivity contribution is 5.01. The van der Waals surface area contributed by atoms with Crippen molar-refractivity contribution in [3.63, 3.8) is 0 Å². The topological polar surface area (TPSA) is 27.0 Å². The van der Waals surface area contributed by atoms with Gasteiger partial charge in [-0.3, -0.25) is 4.90 Å². The van der Waals surface area contributed by atoms with Gasteiger partial charge in [-0.2, -0.15) is 5.26 Å². The van der Waals surface area contributed by atoms with Crippen LogP contribution < -0.4 is 0 Å². The van der Waals surface area contributed by atoms with Crippen molar-refractivity contribution in [1.29, 1.82) is 5.26 Å². The van der Waals surface area contributed by atoms with E-state index in [2.05, 4.69) is 52.5 Å². The summed E-state index contributed by atoms with van der Waals surface area (Å²) in [4.78, 5) is 2.65. The average molecular weight is 290 g/mol. The highest BCUT2D eigenvalue weighted by atomic mass is 15.2. The first-order chi connectivity index (χ1) is 9.63. The summed E-state index contributed by atoms with van der Waals surface area (Å²) >= 11 is 0. The number of rotatable bonds is 1. The fourth-order valence-corrected chi connectivity index (χ4v) is 4.28. The molecule has 1 saturated heterocycles. The van der Waals surface area contributed by atoms with Crippen LogP contribution in [0.4, 0.5) is 0 Å². The summed E-state index contributed by atoms with van der Waals surface area (Å²) in [6, 6.07) is 3.12. The van der Waals surface area contributed by atoms with E-state index in [1.165, 1.54) is 32.4 Å². The van der Waals surface area contributed by atoms with E-state index in [1.807, 2.05) is 0 Å². The Balaban J connectivity index is 2.07. The Kier molecular flexibility index (Phi) is 4.74. The molecule has 0 aromatic rings. The normalized spacial score (nSPS) is 35.7. The van der Waals surface area contributed by atoms with E-state index in [4.69, 9.17) is 0 Å². The van der Waals surface area contributed by atoms with Crippen LogP contribution in [0.25, 0.3) is 0 Å². The maximum atomic E-state index is 9.56. The molecule has 2 aliphatic rings. The van der Waals surface area contributed by atoms with E-state index in [1.54, 1.807) is 0 Å². The fourth-order valence-electron chi connectivity index (χ4n) is 4.28. The Bertz CT molecular complexity index is 393. The van der Waals surface area contributed by atoms with Crippen LogP contribution in [-0.4, -0.2) is 24.0 Å². The third kappa shape index (κ3) is 3.81. The van der Waals surface area contributed by atoms with Gasteiger partial charge in [-0.05, 0) is 54.9 Å². The van der Waals surface area contributed by atoms with Crippen LogP contribution in [0, 0.1) is 39.9 Å². The summed E-state index contributed by atoms with van der Waals surface area (Å²) in [6.07, 6.45) is 4.85. The Morgan fingerprint density at radius 2 is 1.52 bits per heavy atom. The molecular weight excluding hydrogens is 256 g/mol. The maximum Gasteiger partial charge on any atom is 0.0672 e. The number of nitrogens with zero attached hydrogens (tertiary/aromatic N) is 2. The van der Waals surface area contributed by atoms with E-state index in [0.717, 1.165) is 18.3 Å². The number of hydrogen-bond acceptors (Lipinski definition) is 2. The molecule has 1 aliphatic heterocycles. The molecule has 1 heterocycles. The van der Waals surface area contributed by atoms with Gasteiger partial charge in [0.25, 0.3) is 0 Å². The molecule has 2 heteroatoms. The predicted molar refractivity (Wildman–Crippen MR) is 88.8 cm³/mol. The number of likely N-dealkylation sites (tertiary alicyclic amines) is 1. The quantitative estimate of drug-likeness (QED) is 0.699. The van der Waals surface area contributed by atoms with Gasteiger partial charge in [-0.15, -0.1) is 0 Å². The van der Waals surface area contributed by atoms with Gasteiger partial charge in [0.1, 0.15) is 0 Å². The molecule has 4 unspecified atom stereocenters. The van der Waals surface area contributed by atoms with E-state index in [-0.39, 0.29) is 5.92 Å². The van der Waals surface area contributed by atoms with E-state index < -0.39 is 0 Å². The number of hydrogen-bond donors (Lipinski definition) is 0. The SMILES string of the molecule is CC(C)(C)C1CCC(C#N)C(N2CCC(C(C)(C)C)C2)C1. The van der Waals surface area contributed by atoms with Crippen molar-refractivity contribution in [3.8, 4) is 6.07 Å². The highest BCUT2D eigenvalue weighted by Crippen LogP contribution is 2.43. The van der Waals surface area contributed by atoms with Crippen molar-refractivity contribution in [2.24, 2.45) is 28.6 Å². The smallest absolute Gasteiger partial charge is 0.0672 e. The van der Waals surface area contributed by atoms with Gasteiger partial charge < -0.3 is 0 Å². The Morgan fingerprint density at radius 1 is 0.905 bits per heavy atom. The average Bonchev–Trinajstić information content (AvgIpc) is 2.86. The molecule has 4 atom stereocenters. The Morgan fingerprint density at radius 3 is 2.00 bits per heavy atom. The molecule has 2 nitrogen and oxygen atoms in total. The van der Waals surface area contributed by atoms with Crippen molar-refractivity contribution in [2.75, 3.05) is 13.1 Å². The standard InChI is InChI=1S/C19H34N2/c1-18(2,3)15-8-7-14(12-20)17(11-15)21-10-9-16(13-21)19(4,5)6/h14-17H,7-11,13H2,1-6H3. The van der Waals surface area contributed by atoms with Crippen LogP contribution in [0.3, 0.4) is 0 Å². The van der Waals surface area contributed by atoms with Crippen molar-refractivity contribution in [1.82, 2.24) is 4.90 Å². The lowest BCUT2D eigenvalue weighted by Crippen LogP contribution is -2.45. The van der Waals surface area contributed by atoms with Crippen LogP contribution in [-0.2, 0) is 0 Å². The first kappa shape index (κ1) is 16.8. The van der Waals surface area contributed by atoms with Crippen LogP contribution in [0.5, 0.6) is 0 Å². The van der Waals surface area contributed by atoms with Gasteiger partial charge in [0.05, 0.1) is 12.0 Å². The third-order valence-corrected chi connectivity index (χ3v) is 6.12. The largest absolute Gasteiger partial charge is 0.299 e. The molecule has 0 amide bonds. The number of nitriles is 1. The minimum atomic E-state index is 0.252. The van der Waals surface area contributed by atoms with Gasteiger partial charge >= 0.3 is 0 Å². The van der Waals surface area contributed by atoms with Crippen molar-refractivity contribution in [2.45, 2.75) is 73.3 Å². The predicted octanol–water partition coefficient (Wildman–Crippen LogP) is 4.71. The van der Waals surface area contributed by atoms with Crippen LogP contribution >= 0.6 is 0 Å². The van der Waals surface area contributed by atoms with Crippen LogP contribution in [0.1, 0.15) is 67.2 Å². The molecule has 0 N–H and O–H groups in total. The summed E-state index contributed by atoms with van der Waals surface area (Å²) in [6.45, 7) is 16.6. The van der Waals surface area contributed by atoms with Gasteiger partial charge in [-0.25, -0.2) is 0 Å². The molecule has 0 spiro atoms. The Labute approximate surface area is 131 Å². The van der Waals surface area contributed by atoms with Crippen LogP contribution in [0.2, 0.25) is 0 Å². The van der Waals surface area contributed by atoms with Gasteiger partial charge in [0, 0.05) is 12.6 Å². The molecule has 0 bridgehead atoms. The van der Waals surface area contributed by atoms with Gasteiger partial charge in [0.15, 0.2) is 0 Å². The molecule has 0 radical (unpaired) electrons. The van der Waals surface area contributed by atoms with Gasteiger partial charge in [0.2, 0.25) is 0 Å². The second-order valence-corrected chi connectivity index (χ2v) is 9.53. The fraction of sp³-hybridized carbons (Fsp3) is 0.947. The molecule has 1 saturated carbocycles. The summed E-state index contributed by atoms with van der Waals surface area (Å²) in [5.41, 5.74) is 0.775. The van der Waals surface area contributed by atoms with Gasteiger partial charge in [-0.1, -0.05) is 41.5 Å². The zero-order chi connectivity index (χ0) is 15.8.